The highest BCUT2D eigenvalue weighted by Gasteiger charge is 2.30. The molecule has 1 N–H and O–H groups in total. The van der Waals surface area contributed by atoms with Gasteiger partial charge < -0.3 is 10.2 Å². The van der Waals surface area contributed by atoms with E-state index in [1.807, 2.05) is 13.8 Å². The quantitative estimate of drug-likeness (QED) is 0.808. The predicted octanol–water partition coefficient (Wildman–Crippen LogP) is 1.93. The van der Waals surface area contributed by atoms with Crippen molar-refractivity contribution < 1.29 is 9.18 Å². The van der Waals surface area contributed by atoms with Crippen LogP contribution in [0, 0.1) is 5.82 Å². The number of para-hydroxylation sites is 1. The molecule has 3 nitrogen and oxygen atoms in total. The number of rotatable bonds is 1. The van der Waals surface area contributed by atoms with Crippen LogP contribution in [0.3, 0.4) is 0 Å². The standard InChI is InChI=1S/C13H17FN2O/c1-13(2)9-16(12(17)7-8-15-13)11-6-4-3-5-10(11)14/h3-6,15H,7-9H2,1-2H3. The Bertz CT molecular complexity index is 431. The molecule has 0 aromatic heterocycles. The van der Waals surface area contributed by atoms with Crippen LogP contribution in [0.25, 0.3) is 0 Å². The number of hydrogen-bond donors (Lipinski definition) is 1. The third-order valence-electron chi connectivity index (χ3n) is 2.94. The van der Waals surface area contributed by atoms with E-state index in [4.69, 9.17) is 0 Å². The van der Waals surface area contributed by atoms with E-state index in [0.717, 1.165) is 0 Å². The molecule has 1 heterocycles. The summed E-state index contributed by atoms with van der Waals surface area (Å²) in [5.74, 6) is -0.383. The van der Waals surface area contributed by atoms with Gasteiger partial charge in [-0.2, -0.15) is 0 Å². The highest BCUT2D eigenvalue weighted by Crippen LogP contribution is 2.23. The molecule has 1 aliphatic heterocycles. The molecule has 0 spiro atoms. The van der Waals surface area contributed by atoms with Gasteiger partial charge in [0.25, 0.3) is 0 Å². The molecule has 1 aromatic carbocycles. The smallest absolute Gasteiger partial charge is 0.228 e. The van der Waals surface area contributed by atoms with E-state index in [1.54, 1.807) is 18.2 Å². The molecule has 1 aliphatic rings. The highest BCUT2D eigenvalue weighted by atomic mass is 19.1. The molecule has 0 saturated carbocycles. The van der Waals surface area contributed by atoms with Crippen molar-refractivity contribution in [1.82, 2.24) is 5.32 Å². The lowest BCUT2D eigenvalue weighted by atomic mass is 10.1. The Kier molecular flexibility index (Phi) is 3.15. The normalized spacial score (nSPS) is 20.2. The molecule has 0 aliphatic carbocycles. The number of amides is 1. The van der Waals surface area contributed by atoms with Crippen molar-refractivity contribution in [3.8, 4) is 0 Å². The largest absolute Gasteiger partial charge is 0.310 e. The Labute approximate surface area is 101 Å². The minimum absolute atomic E-state index is 0.0341. The van der Waals surface area contributed by atoms with Gasteiger partial charge in [0.2, 0.25) is 5.91 Å². The monoisotopic (exact) mass is 236 g/mol. The van der Waals surface area contributed by atoms with Crippen LogP contribution in [0.2, 0.25) is 0 Å². The fraction of sp³-hybridized carbons (Fsp3) is 0.462. The van der Waals surface area contributed by atoms with Crippen molar-refractivity contribution in [2.24, 2.45) is 0 Å². The predicted molar refractivity (Wildman–Crippen MR) is 65.5 cm³/mol. The first-order chi connectivity index (χ1) is 7.99. The van der Waals surface area contributed by atoms with Crippen molar-refractivity contribution in [3.05, 3.63) is 30.1 Å². The van der Waals surface area contributed by atoms with Crippen LogP contribution in [0.4, 0.5) is 10.1 Å². The summed E-state index contributed by atoms with van der Waals surface area (Å²) in [6.45, 7) is 5.14. The van der Waals surface area contributed by atoms with Gasteiger partial charge in [-0.05, 0) is 26.0 Å². The Balaban J connectivity index is 2.35. The Hall–Kier alpha value is -1.42. The Morgan fingerprint density at radius 1 is 1.35 bits per heavy atom. The van der Waals surface area contributed by atoms with Crippen molar-refractivity contribution >= 4 is 11.6 Å². The van der Waals surface area contributed by atoms with Gasteiger partial charge in [-0.15, -0.1) is 0 Å². The first-order valence-electron chi connectivity index (χ1n) is 5.79. The van der Waals surface area contributed by atoms with E-state index in [-0.39, 0.29) is 17.3 Å². The molecular weight excluding hydrogens is 219 g/mol. The SMILES string of the molecule is CC1(C)CN(c2ccccc2F)C(=O)CCN1. The molecule has 1 amide bonds. The number of nitrogens with one attached hydrogen (secondary N) is 1. The zero-order chi connectivity index (χ0) is 12.5. The Morgan fingerprint density at radius 3 is 2.76 bits per heavy atom. The second kappa shape index (κ2) is 4.45. The second-order valence-corrected chi connectivity index (χ2v) is 4.99. The molecule has 2 rings (SSSR count). The number of carbonyl (C=O) groups excluding carboxylic acids is 1. The summed E-state index contributed by atoms with van der Waals surface area (Å²) in [4.78, 5) is 13.5. The lowest BCUT2D eigenvalue weighted by Crippen LogP contribution is -2.47. The van der Waals surface area contributed by atoms with E-state index in [2.05, 4.69) is 5.32 Å². The minimum atomic E-state index is -0.349. The van der Waals surface area contributed by atoms with Crippen LogP contribution in [-0.4, -0.2) is 24.5 Å². The summed E-state index contributed by atoms with van der Waals surface area (Å²) >= 11 is 0. The maximum Gasteiger partial charge on any atom is 0.228 e. The van der Waals surface area contributed by atoms with Crippen LogP contribution in [0.1, 0.15) is 20.3 Å². The molecular formula is C13H17FN2O. The lowest BCUT2D eigenvalue weighted by molar-refractivity contribution is -0.118. The molecule has 4 heteroatoms. The van der Waals surface area contributed by atoms with E-state index < -0.39 is 0 Å². The summed E-state index contributed by atoms with van der Waals surface area (Å²) in [5, 5.41) is 3.29. The van der Waals surface area contributed by atoms with Gasteiger partial charge in [0.1, 0.15) is 5.82 Å². The van der Waals surface area contributed by atoms with Gasteiger partial charge in [-0.25, -0.2) is 4.39 Å². The van der Waals surface area contributed by atoms with Crippen molar-refractivity contribution in [2.75, 3.05) is 18.0 Å². The fourth-order valence-corrected chi connectivity index (χ4v) is 2.07. The number of hydrogen-bond acceptors (Lipinski definition) is 2. The topological polar surface area (TPSA) is 32.3 Å². The van der Waals surface area contributed by atoms with E-state index in [9.17, 15) is 9.18 Å². The van der Waals surface area contributed by atoms with Gasteiger partial charge in [0, 0.05) is 25.0 Å². The third-order valence-corrected chi connectivity index (χ3v) is 2.94. The second-order valence-electron chi connectivity index (χ2n) is 4.99. The number of benzene rings is 1. The van der Waals surface area contributed by atoms with Crippen LogP contribution in [0.5, 0.6) is 0 Å². The molecule has 92 valence electrons. The number of anilines is 1. The number of carbonyl (C=O) groups is 1. The Morgan fingerprint density at radius 2 is 2.06 bits per heavy atom. The van der Waals surface area contributed by atoms with Crippen LogP contribution in [0.15, 0.2) is 24.3 Å². The van der Waals surface area contributed by atoms with Crippen molar-refractivity contribution in [3.63, 3.8) is 0 Å². The maximum atomic E-state index is 13.7. The van der Waals surface area contributed by atoms with E-state index >= 15 is 0 Å². The zero-order valence-electron chi connectivity index (χ0n) is 10.2. The molecule has 1 aromatic rings. The van der Waals surface area contributed by atoms with Gasteiger partial charge in [-0.3, -0.25) is 4.79 Å². The molecule has 1 fully saturated rings. The summed E-state index contributed by atoms with van der Waals surface area (Å²) in [6.07, 6.45) is 0.401. The van der Waals surface area contributed by atoms with Crippen molar-refractivity contribution in [2.45, 2.75) is 25.8 Å². The average molecular weight is 236 g/mol. The van der Waals surface area contributed by atoms with E-state index in [1.165, 1.54) is 11.0 Å². The van der Waals surface area contributed by atoms with Gasteiger partial charge >= 0.3 is 0 Å². The number of nitrogens with zero attached hydrogens (tertiary/aromatic N) is 1. The van der Waals surface area contributed by atoms with Crippen LogP contribution in [-0.2, 0) is 4.79 Å². The van der Waals surface area contributed by atoms with Crippen LogP contribution >= 0.6 is 0 Å². The molecule has 0 atom stereocenters. The summed E-state index contributed by atoms with van der Waals surface area (Å²) in [6, 6.07) is 6.41. The van der Waals surface area contributed by atoms with Crippen molar-refractivity contribution in [1.29, 1.82) is 0 Å². The number of halogens is 1. The first kappa shape index (κ1) is 12.0. The molecule has 0 radical (unpaired) electrons. The minimum Gasteiger partial charge on any atom is -0.310 e. The molecule has 17 heavy (non-hydrogen) atoms. The summed E-state index contributed by atoms with van der Waals surface area (Å²) < 4.78 is 13.7. The average Bonchev–Trinajstić information content (AvgIpc) is 2.38. The molecule has 0 unspecified atom stereocenters. The molecule has 0 bridgehead atoms. The van der Waals surface area contributed by atoms with Gasteiger partial charge in [0.15, 0.2) is 0 Å². The van der Waals surface area contributed by atoms with Crippen LogP contribution < -0.4 is 10.2 Å². The first-order valence-corrected chi connectivity index (χ1v) is 5.79. The van der Waals surface area contributed by atoms with Gasteiger partial charge in [-0.1, -0.05) is 12.1 Å². The third kappa shape index (κ3) is 2.64. The summed E-state index contributed by atoms with van der Waals surface area (Å²) in [7, 11) is 0. The van der Waals surface area contributed by atoms with E-state index in [0.29, 0.717) is 25.2 Å². The highest BCUT2D eigenvalue weighted by molar-refractivity contribution is 5.94. The lowest BCUT2D eigenvalue weighted by Gasteiger charge is -2.30. The fourth-order valence-electron chi connectivity index (χ4n) is 2.07. The maximum absolute atomic E-state index is 13.7. The summed E-state index contributed by atoms with van der Waals surface area (Å²) in [5.41, 5.74) is 0.170. The van der Waals surface area contributed by atoms with Gasteiger partial charge in [0.05, 0.1) is 5.69 Å². The zero-order valence-corrected chi connectivity index (χ0v) is 10.2. The molecule has 1 saturated heterocycles.